The minimum absolute atomic E-state index is 0.0379. The first kappa shape index (κ1) is 19.0. The number of aryl methyl sites for hydroxylation is 1. The van der Waals surface area contributed by atoms with E-state index in [4.69, 9.17) is 0 Å². The van der Waals surface area contributed by atoms with E-state index < -0.39 is 0 Å². The lowest BCUT2D eigenvalue weighted by atomic mass is 9.99. The predicted octanol–water partition coefficient (Wildman–Crippen LogP) is 5.60. The monoisotopic (exact) mass is 399 g/mol. The first-order valence-corrected chi connectivity index (χ1v) is 11.2. The Labute approximate surface area is 178 Å². The summed E-state index contributed by atoms with van der Waals surface area (Å²) in [5.41, 5.74) is 5.92. The van der Waals surface area contributed by atoms with Crippen LogP contribution in [0.1, 0.15) is 61.0 Å². The van der Waals surface area contributed by atoms with E-state index in [1.54, 1.807) is 0 Å². The minimum atomic E-state index is -0.125. The highest BCUT2D eigenvalue weighted by molar-refractivity contribution is 5.76. The number of carbonyl (C=O) groups excluding carboxylic acids is 1. The van der Waals surface area contributed by atoms with Gasteiger partial charge >= 0.3 is 6.03 Å². The lowest BCUT2D eigenvalue weighted by Crippen LogP contribution is -2.45. The van der Waals surface area contributed by atoms with Gasteiger partial charge in [0.25, 0.3) is 0 Å². The summed E-state index contributed by atoms with van der Waals surface area (Å²) >= 11 is 0. The Kier molecular flexibility index (Phi) is 5.07. The standard InChI is InChI=1S/C26H29N3O/c1-2-19-13-15-20(16-14-19)25-24-12-7-17-28(24)23-11-6-3-8-21(23)18-29(25)26(30)27-22-9-4-5-10-22/h3,6-8,11-17,22,25H,2,4-5,9-10,18H2,1H3,(H,27,30)/t25-/m0/s1. The Morgan fingerprint density at radius 2 is 1.77 bits per heavy atom. The number of aromatic nitrogens is 1. The van der Waals surface area contributed by atoms with E-state index in [2.05, 4.69) is 83.7 Å². The van der Waals surface area contributed by atoms with Gasteiger partial charge in [-0.15, -0.1) is 0 Å². The zero-order valence-electron chi connectivity index (χ0n) is 17.6. The lowest BCUT2D eigenvalue weighted by Gasteiger charge is -2.32. The van der Waals surface area contributed by atoms with Crippen molar-refractivity contribution < 1.29 is 4.79 Å². The molecule has 1 aliphatic heterocycles. The molecular formula is C26H29N3O. The molecular weight excluding hydrogens is 370 g/mol. The van der Waals surface area contributed by atoms with Crippen LogP contribution in [-0.4, -0.2) is 21.5 Å². The van der Waals surface area contributed by atoms with Crippen LogP contribution in [0.3, 0.4) is 0 Å². The molecule has 3 aromatic rings. The number of para-hydroxylation sites is 1. The highest BCUT2D eigenvalue weighted by Crippen LogP contribution is 2.37. The predicted molar refractivity (Wildman–Crippen MR) is 120 cm³/mol. The number of nitrogens with zero attached hydrogens (tertiary/aromatic N) is 2. The Morgan fingerprint density at radius 3 is 2.53 bits per heavy atom. The summed E-state index contributed by atoms with van der Waals surface area (Å²) in [6.07, 6.45) is 7.71. The van der Waals surface area contributed by atoms with Crippen molar-refractivity contribution in [1.82, 2.24) is 14.8 Å². The Morgan fingerprint density at radius 1 is 1.00 bits per heavy atom. The molecule has 30 heavy (non-hydrogen) atoms. The number of urea groups is 1. The van der Waals surface area contributed by atoms with Crippen molar-refractivity contribution in [2.75, 3.05) is 0 Å². The molecule has 2 aromatic carbocycles. The molecule has 0 spiro atoms. The van der Waals surface area contributed by atoms with Gasteiger partial charge in [-0.05, 0) is 54.2 Å². The molecule has 0 bridgehead atoms. The highest BCUT2D eigenvalue weighted by atomic mass is 16.2. The maximum absolute atomic E-state index is 13.6. The fraction of sp³-hybridized carbons (Fsp3) is 0.346. The number of hydrogen-bond donors (Lipinski definition) is 1. The van der Waals surface area contributed by atoms with Crippen molar-refractivity contribution in [1.29, 1.82) is 0 Å². The molecule has 0 unspecified atom stereocenters. The number of nitrogens with one attached hydrogen (secondary N) is 1. The largest absolute Gasteiger partial charge is 0.335 e. The second-order valence-corrected chi connectivity index (χ2v) is 8.49. The third kappa shape index (κ3) is 3.41. The molecule has 2 amide bonds. The first-order valence-electron chi connectivity index (χ1n) is 11.2. The highest BCUT2D eigenvalue weighted by Gasteiger charge is 2.33. The summed E-state index contributed by atoms with van der Waals surface area (Å²) in [5.74, 6) is 0. The van der Waals surface area contributed by atoms with Gasteiger partial charge in [0.05, 0.1) is 18.3 Å². The number of benzene rings is 2. The molecule has 1 saturated carbocycles. The number of rotatable bonds is 3. The van der Waals surface area contributed by atoms with Crippen LogP contribution in [0, 0.1) is 0 Å². The van der Waals surface area contributed by atoms with Gasteiger partial charge in [0.2, 0.25) is 0 Å². The fourth-order valence-corrected chi connectivity index (χ4v) is 4.95. The van der Waals surface area contributed by atoms with Crippen LogP contribution >= 0.6 is 0 Å². The van der Waals surface area contributed by atoms with Crippen molar-refractivity contribution in [3.05, 3.63) is 89.2 Å². The molecule has 2 heterocycles. The second-order valence-electron chi connectivity index (χ2n) is 8.49. The molecule has 1 aromatic heterocycles. The van der Waals surface area contributed by atoms with Crippen LogP contribution in [0.25, 0.3) is 5.69 Å². The van der Waals surface area contributed by atoms with E-state index in [1.807, 2.05) is 4.90 Å². The summed E-state index contributed by atoms with van der Waals surface area (Å²) < 4.78 is 2.25. The summed E-state index contributed by atoms with van der Waals surface area (Å²) in [6, 6.07) is 21.6. The van der Waals surface area contributed by atoms with Crippen LogP contribution in [0.5, 0.6) is 0 Å². The Balaban J connectivity index is 1.60. The number of amides is 2. The quantitative estimate of drug-likeness (QED) is 0.612. The van der Waals surface area contributed by atoms with Crippen molar-refractivity contribution in [2.24, 2.45) is 0 Å². The molecule has 1 fully saturated rings. The minimum Gasteiger partial charge on any atom is -0.335 e. The Hall–Kier alpha value is -3.01. The van der Waals surface area contributed by atoms with Crippen molar-refractivity contribution in [3.63, 3.8) is 0 Å². The van der Waals surface area contributed by atoms with E-state index in [-0.39, 0.29) is 12.1 Å². The summed E-state index contributed by atoms with van der Waals surface area (Å²) in [4.78, 5) is 15.6. The molecule has 5 rings (SSSR count). The summed E-state index contributed by atoms with van der Waals surface area (Å²) in [6.45, 7) is 2.76. The van der Waals surface area contributed by atoms with E-state index >= 15 is 0 Å². The van der Waals surface area contributed by atoms with E-state index in [0.717, 1.165) is 36.2 Å². The van der Waals surface area contributed by atoms with Gasteiger partial charge in [-0.25, -0.2) is 4.79 Å². The average molecular weight is 400 g/mol. The third-order valence-corrected chi connectivity index (χ3v) is 6.61. The van der Waals surface area contributed by atoms with Crippen molar-refractivity contribution in [2.45, 2.75) is 57.7 Å². The number of hydrogen-bond acceptors (Lipinski definition) is 1. The van der Waals surface area contributed by atoms with Gasteiger partial charge in [0, 0.05) is 17.9 Å². The van der Waals surface area contributed by atoms with Crippen LogP contribution in [0.2, 0.25) is 0 Å². The topological polar surface area (TPSA) is 37.3 Å². The van der Waals surface area contributed by atoms with E-state index in [0.29, 0.717) is 12.6 Å². The van der Waals surface area contributed by atoms with Crippen LogP contribution in [-0.2, 0) is 13.0 Å². The van der Waals surface area contributed by atoms with Crippen LogP contribution in [0.4, 0.5) is 4.79 Å². The maximum atomic E-state index is 13.6. The van der Waals surface area contributed by atoms with Crippen molar-refractivity contribution in [3.8, 4) is 5.69 Å². The molecule has 0 saturated heterocycles. The van der Waals surface area contributed by atoms with Crippen LogP contribution < -0.4 is 5.32 Å². The summed E-state index contributed by atoms with van der Waals surface area (Å²) in [5, 5.41) is 3.33. The normalized spacial score (nSPS) is 18.6. The van der Waals surface area contributed by atoms with Gasteiger partial charge < -0.3 is 14.8 Å². The molecule has 2 aliphatic rings. The van der Waals surface area contributed by atoms with Gasteiger partial charge in [0.15, 0.2) is 0 Å². The van der Waals surface area contributed by atoms with Gasteiger partial charge in [0.1, 0.15) is 0 Å². The van der Waals surface area contributed by atoms with Gasteiger partial charge in [-0.1, -0.05) is 62.2 Å². The number of carbonyl (C=O) groups is 1. The molecule has 154 valence electrons. The van der Waals surface area contributed by atoms with Gasteiger partial charge in [-0.3, -0.25) is 0 Å². The lowest BCUT2D eigenvalue weighted by molar-refractivity contribution is 0.176. The first-order chi connectivity index (χ1) is 14.7. The zero-order chi connectivity index (χ0) is 20.5. The molecule has 4 nitrogen and oxygen atoms in total. The maximum Gasteiger partial charge on any atom is 0.318 e. The molecule has 0 radical (unpaired) electrons. The smallest absolute Gasteiger partial charge is 0.318 e. The fourth-order valence-electron chi connectivity index (χ4n) is 4.95. The number of fused-ring (bicyclic) bond motifs is 3. The third-order valence-electron chi connectivity index (χ3n) is 6.61. The second kappa shape index (κ2) is 8.02. The zero-order valence-corrected chi connectivity index (χ0v) is 17.6. The molecule has 1 atom stereocenters. The molecule has 1 N–H and O–H groups in total. The van der Waals surface area contributed by atoms with Crippen molar-refractivity contribution >= 4 is 6.03 Å². The van der Waals surface area contributed by atoms with E-state index in [1.165, 1.54) is 24.0 Å². The van der Waals surface area contributed by atoms with E-state index in [9.17, 15) is 4.79 Å². The average Bonchev–Trinajstić information content (AvgIpc) is 3.44. The van der Waals surface area contributed by atoms with Gasteiger partial charge in [-0.2, -0.15) is 0 Å². The molecule has 1 aliphatic carbocycles. The van der Waals surface area contributed by atoms with Crippen LogP contribution in [0.15, 0.2) is 66.9 Å². The summed E-state index contributed by atoms with van der Waals surface area (Å²) in [7, 11) is 0. The Bertz CT molecular complexity index is 1030. The molecule has 4 heteroatoms. The SMILES string of the molecule is CCc1ccc([C@H]2c3cccn3-c3ccccc3CN2C(=O)NC2CCCC2)cc1.